The highest BCUT2D eigenvalue weighted by molar-refractivity contribution is 7.99. The summed E-state index contributed by atoms with van der Waals surface area (Å²) in [5.41, 5.74) is 1.36. The molecule has 0 aliphatic carbocycles. The minimum atomic E-state index is 0.636. The average Bonchev–Trinajstić information content (AvgIpc) is 2.42. The molecule has 1 nitrogen and oxygen atoms in total. The van der Waals surface area contributed by atoms with Crippen LogP contribution in [-0.4, -0.2) is 17.8 Å². The van der Waals surface area contributed by atoms with Crippen LogP contribution in [0.3, 0.4) is 0 Å². The number of benzene rings is 1. The summed E-state index contributed by atoms with van der Waals surface area (Å²) >= 11 is 7.98. The normalized spacial score (nSPS) is 14.3. The van der Waals surface area contributed by atoms with Crippen LogP contribution in [-0.2, 0) is 5.75 Å². The molecule has 1 aromatic rings. The van der Waals surface area contributed by atoms with Gasteiger partial charge < -0.3 is 5.32 Å². The Bertz CT molecular complexity index is 333. The van der Waals surface area contributed by atoms with Crippen LogP contribution in [0.2, 0.25) is 5.02 Å². The van der Waals surface area contributed by atoms with Gasteiger partial charge in [0.2, 0.25) is 0 Å². The van der Waals surface area contributed by atoms with Gasteiger partial charge >= 0.3 is 0 Å². The van der Waals surface area contributed by atoms with Crippen molar-refractivity contribution in [3.05, 3.63) is 34.9 Å². The molecule has 2 atom stereocenters. The summed E-state index contributed by atoms with van der Waals surface area (Å²) in [7, 11) is 0. The molecule has 0 fully saturated rings. The average molecular weight is 300 g/mol. The van der Waals surface area contributed by atoms with Gasteiger partial charge in [0.05, 0.1) is 0 Å². The topological polar surface area (TPSA) is 12.0 Å². The molecule has 108 valence electrons. The molecule has 0 aliphatic rings. The van der Waals surface area contributed by atoms with Crippen molar-refractivity contribution in [2.75, 3.05) is 6.54 Å². The van der Waals surface area contributed by atoms with E-state index in [1.165, 1.54) is 24.8 Å². The second kappa shape index (κ2) is 9.68. The van der Waals surface area contributed by atoms with E-state index in [4.69, 9.17) is 11.6 Å². The van der Waals surface area contributed by atoms with Gasteiger partial charge in [-0.1, -0.05) is 50.9 Å². The van der Waals surface area contributed by atoms with E-state index in [2.05, 4.69) is 50.0 Å². The minimum absolute atomic E-state index is 0.636. The molecule has 3 heteroatoms. The first kappa shape index (κ1) is 16.9. The largest absolute Gasteiger partial charge is 0.313 e. The molecule has 0 spiro atoms. The molecule has 0 heterocycles. The molecule has 0 amide bonds. The van der Waals surface area contributed by atoms with Crippen LogP contribution < -0.4 is 5.32 Å². The molecule has 2 unspecified atom stereocenters. The van der Waals surface area contributed by atoms with E-state index in [0.717, 1.165) is 17.3 Å². The molecule has 0 aromatic heterocycles. The fourth-order valence-electron chi connectivity index (χ4n) is 2.30. The van der Waals surface area contributed by atoms with Crippen LogP contribution in [0.25, 0.3) is 0 Å². The molecule has 1 aromatic carbocycles. The number of thioether (sulfide) groups is 1. The monoisotopic (exact) mass is 299 g/mol. The molecule has 0 saturated heterocycles. The van der Waals surface area contributed by atoms with E-state index < -0.39 is 0 Å². The number of rotatable bonds is 9. The van der Waals surface area contributed by atoms with E-state index in [-0.39, 0.29) is 0 Å². The Morgan fingerprint density at radius 3 is 2.37 bits per heavy atom. The Morgan fingerprint density at radius 1 is 1.16 bits per heavy atom. The zero-order chi connectivity index (χ0) is 14.1. The summed E-state index contributed by atoms with van der Waals surface area (Å²) in [6, 6.07) is 8.85. The van der Waals surface area contributed by atoms with Crippen molar-refractivity contribution in [1.82, 2.24) is 5.32 Å². The summed E-state index contributed by atoms with van der Waals surface area (Å²) in [4.78, 5) is 0. The Morgan fingerprint density at radius 2 is 1.84 bits per heavy atom. The van der Waals surface area contributed by atoms with Gasteiger partial charge in [0, 0.05) is 22.1 Å². The summed E-state index contributed by atoms with van der Waals surface area (Å²) in [6.45, 7) is 7.81. The number of nitrogens with one attached hydrogen (secondary N) is 1. The summed E-state index contributed by atoms with van der Waals surface area (Å²) < 4.78 is 0. The summed E-state index contributed by atoms with van der Waals surface area (Å²) in [6.07, 6.45) is 3.73. The van der Waals surface area contributed by atoms with Crippen LogP contribution in [0.15, 0.2) is 24.3 Å². The smallest absolute Gasteiger partial charge is 0.0406 e. The predicted octanol–water partition coefficient (Wildman–Crippen LogP) is 5.13. The van der Waals surface area contributed by atoms with Gasteiger partial charge in [0.15, 0.2) is 0 Å². The lowest BCUT2D eigenvalue weighted by Crippen LogP contribution is -2.37. The van der Waals surface area contributed by atoms with E-state index in [9.17, 15) is 0 Å². The van der Waals surface area contributed by atoms with Gasteiger partial charge in [-0.3, -0.25) is 0 Å². The van der Waals surface area contributed by atoms with Gasteiger partial charge in [0.1, 0.15) is 0 Å². The van der Waals surface area contributed by atoms with Crippen LogP contribution >= 0.6 is 23.4 Å². The third-order valence-electron chi connectivity index (χ3n) is 3.29. The molecule has 19 heavy (non-hydrogen) atoms. The molecular formula is C16H26ClNS. The summed E-state index contributed by atoms with van der Waals surface area (Å²) in [5, 5.41) is 5.15. The van der Waals surface area contributed by atoms with Crippen molar-refractivity contribution in [2.24, 2.45) is 0 Å². The van der Waals surface area contributed by atoms with Gasteiger partial charge in [-0.25, -0.2) is 0 Å². The van der Waals surface area contributed by atoms with E-state index in [0.29, 0.717) is 11.3 Å². The SMILES string of the molecule is CCCC(NCC)C(CC)SCc1ccc(Cl)cc1. The zero-order valence-corrected chi connectivity index (χ0v) is 13.9. The molecule has 1 rings (SSSR count). The molecule has 1 N–H and O–H groups in total. The number of hydrogen-bond acceptors (Lipinski definition) is 2. The molecule has 0 radical (unpaired) electrons. The summed E-state index contributed by atoms with van der Waals surface area (Å²) in [5.74, 6) is 1.07. The van der Waals surface area contributed by atoms with E-state index in [1.807, 2.05) is 12.1 Å². The first-order chi connectivity index (χ1) is 9.21. The third-order valence-corrected chi connectivity index (χ3v) is 5.14. The maximum Gasteiger partial charge on any atom is 0.0406 e. The Kier molecular flexibility index (Phi) is 8.60. The zero-order valence-electron chi connectivity index (χ0n) is 12.3. The number of halogens is 1. The van der Waals surface area contributed by atoms with Crippen LogP contribution in [0.4, 0.5) is 0 Å². The predicted molar refractivity (Wildman–Crippen MR) is 89.2 cm³/mol. The number of hydrogen-bond donors (Lipinski definition) is 1. The highest BCUT2D eigenvalue weighted by Gasteiger charge is 2.18. The van der Waals surface area contributed by atoms with Crippen molar-refractivity contribution in [1.29, 1.82) is 0 Å². The lowest BCUT2D eigenvalue weighted by atomic mass is 10.1. The quantitative estimate of drug-likeness (QED) is 0.678. The Hall–Kier alpha value is -0.180. The molecule has 0 aliphatic heterocycles. The minimum Gasteiger partial charge on any atom is -0.313 e. The first-order valence-corrected chi connectivity index (χ1v) is 8.73. The molecule has 0 saturated carbocycles. The van der Waals surface area contributed by atoms with Crippen molar-refractivity contribution in [2.45, 2.75) is 57.1 Å². The Balaban J connectivity index is 2.52. The fourth-order valence-corrected chi connectivity index (χ4v) is 3.72. The maximum absolute atomic E-state index is 5.92. The van der Waals surface area contributed by atoms with Gasteiger partial charge in [-0.05, 0) is 37.1 Å². The molecule has 0 bridgehead atoms. The van der Waals surface area contributed by atoms with E-state index in [1.54, 1.807) is 0 Å². The lowest BCUT2D eigenvalue weighted by Gasteiger charge is -2.26. The first-order valence-electron chi connectivity index (χ1n) is 7.30. The third kappa shape index (κ3) is 6.20. The van der Waals surface area contributed by atoms with Crippen molar-refractivity contribution in [3.8, 4) is 0 Å². The van der Waals surface area contributed by atoms with Crippen molar-refractivity contribution < 1.29 is 0 Å². The second-order valence-electron chi connectivity index (χ2n) is 4.84. The molecular weight excluding hydrogens is 274 g/mol. The maximum atomic E-state index is 5.92. The second-order valence-corrected chi connectivity index (χ2v) is 6.50. The fraction of sp³-hybridized carbons (Fsp3) is 0.625. The standard InChI is InChI=1S/C16H26ClNS/c1-4-7-15(18-6-3)16(5-2)19-12-13-8-10-14(17)11-9-13/h8-11,15-16,18H,4-7,12H2,1-3H3. The van der Waals surface area contributed by atoms with Crippen molar-refractivity contribution >= 4 is 23.4 Å². The van der Waals surface area contributed by atoms with Crippen LogP contribution in [0, 0.1) is 0 Å². The van der Waals surface area contributed by atoms with Crippen LogP contribution in [0.1, 0.15) is 45.6 Å². The highest BCUT2D eigenvalue weighted by atomic mass is 35.5. The lowest BCUT2D eigenvalue weighted by molar-refractivity contribution is 0.465. The van der Waals surface area contributed by atoms with Crippen molar-refractivity contribution in [3.63, 3.8) is 0 Å². The van der Waals surface area contributed by atoms with Gasteiger partial charge in [-0.2, -0.15) is 11.8 Å². The Labute approximate surface area is 127 Å². The van der Waals surface area contributed by atoms with Gasteiger partial charge in [-0.15, -0.1) is 0 Å². The van der Waals surface area contributed by atoms with E-state index >= 15 is 0 Å². The highest BCUT2D eigenvalue weighted by Crippen LogP contribution is 2.25. The van der Waals surface area contributed by atoms with Crippen LogP contribution in [0.5, 0.6) is 0 Å². The van der Waals surface area contributed by atoms with Gasteiger partial charge in [0.25, 0.3) is 0 Å².